The monoisotopic (exact) mass is 1070 g/mol. The fourth-order valence-electron chi connectivity index (χ4n) is 10.7. The van der Waals surface area contributed by atoms with Crippen LogP contribution in [0.3, 0.4) is 0 Å². The first kappa shape index (κ1) is 74.1. The number of unbranched alkanes of at least 4 members (excludes halogenated alkanes) is 47. The van der Waals surface area contributed by atoms with Gasteiger partial charge in [-0.15, -0.1) is 0 Å². The molecule has 6 nitrogen and oxygen atoms in total. The molecule has 448 valence electrons. The Morgan fingerprint density at radius 1 is 0.368 bits per heavy atom. The maximum absolute atomic E-state index is 12.5. The molecule has 0 spiro atoms. The number of carbonyl (C=O) groups is 2. The molecule has 76 heavy (non-hydrogen) atoms. The Morgan fingerprint density at radius 2 is 0.658 bits per heavy atom. The fourth-order valence-corrected chi connectivity index (χ4v) is 10.7. The van der Waals surface area contributed by atoms with Crippen molar-refractivity contribution in [3.63, 3.8) is 0 Å². The van der Waals surface area contributed by atoms with E-state index in [0.29, 0.717) is 25.9 Å². The average Bonchev–Trinajstić information content (AvgIpc) is 3.42. The van der Waals surface area contributed by atoms with Gasteiger partial charge in [-0.1, -0.05) is 314 Å². The Kier molecular flexibility index (Phi) is 63.9. The number of amides is 1. The molecule has 0 saturated heterocycles. The molecule has 2 atom stereocenters. The molecular formula is C70H133NO5. The molecule has 2 unspecified atom stereocenters. The van der Waals surface area contributed by atoms with E-state index in [1.54, 1.807) is 0 Å². The summed E-state index contributed by atoms with van der Waals surface area (Å²) in [7, 11) is 0. The van der Waals surface area contributed by atoms with Crippen LogP contribution in [0.4, 0.5) is 0 Å². The minimum absolute atomic E-state index is 0.00565. The summed E-state index contributed by atoms with van der Waals surface area (Å²) in [5, 5.41) is 23.4. The topological polar surface area (TPSA) is 95.9 Å². The van der Waals surface area contributed by atoms with Gasteiger partial charge in [0.05, 0.1) is 25.4 Å². The second-order valence-electron chi connectivity index (χ2n) is 23.5. The van der Waals surface area contributed by atoms with Gasteiger partial charge in [-0.3, -0.25) is 9.59 Å². The molecule has 0 aliphatic rings. The summed E-state index contributed by atoms with van der Waals surface area (Å²) in [6, 6.07) is -0.545. The molecule has 0 aromatic carbocycles. The highest BCUT2D eigenvalue weighted by molar-refractivity contribution is 5.76. The number of hydrogen-bond acceptors (Lipinski definition) is 5. The van der Waals surface area contributed by atoms with Gasteiger partial charge in [0.25, 0.3) is 0 Å². The van der Waals surface area contributed by atoms with E-state index in [1.807, 2.05) is 0 Å². The van der Waals surface area contributed by atoms with Crippen LogP contribution in [0.1, 0.15) is 373 Å². The van der Waals surface area contributed by atoms with Crippen molar-refractivity contribution in [3.05, 3.63) is 36.5 Å². The summed E-state index contributed by atoms with van der Waals surface area (Å²) < 4.78 is 5.50. The first-order valence-electron chi connectivity index (χ1n) is 34.2. The molecule has 0 aromatic rings. The van der Waals surface area contributed by atoms with Crippen molar-refractivity contribution >= 4 is 11.9 Å². The predicted molar refractivity (Wildman–Crippen MR) is 333 cm³/mol. The normalized spacial score (nSPS) is 12.7. The number of aliphatic hydroxyl groups excluding tert-OH is 2. The van der Waals surface area contributed by atoms with Crippen molar-refractivity contribution in [1.82, 2.24) is 5.32 Å². The molecule has 1 amide bonds. The molecule has 0 aromatic heterocycles. The van der Waals surface area contributed by atoms with Crippen molar-refractivity contribution in [3.8, 4) is 0 Å². The lowest BCUT2D eigenvalue weighted by atomic mass is 10.0. The van der Waals surface area contributed by atoms with E-state index < -0.39 is 12.1 Å². The van der Waals surface area contributed by atoms with Crippen LogP contribution in [0.5, 0.6) is 0 Å². The van der Waals surface area contributed by atoms with E-state index >= 15 is 0 Å². The van der Waals surface area contributed by atoms with Crippen molar-refractivity contribution in [1.29, 1.82) is 0 Å². The Labute approximate surface area is 474 Å². The van der Waals surface area contributed by atoms with Gasteiger partial charge in [0, 0.05) is 12.8 Å². The number of carbonyl (C=O) groups excluding carboxylic acids is 2. The SMILES string of the molecule is CCCCCC/C=C\C/C=C\CCCCCCCCCC(=O)OCCCCCCCCCCCCCC/C=C\CCCCCCCCCCC(=O)NC(CO)C(O)CCCCCCCCCCCCCCCCCCC. The molecule has 0 heterocycles. The van der Waals surface area contributed by atoms with Crippen molar-refractivity contribution < 1.29 is 24.5 Å². The number of esters is 1. The van der Waals surface area contributed by atoms with Crippen molar-refractivity contribution in [2.45, 2.75) is 386 Å². The first-order chi connectivity index (χ1) is 37.5. The summed E-state index contributed by atoms with van der Waals surface area (Å²) in [6.07, 6.45) is 83.2. The van der Waals surface area contributed by atoms with Gasteiger partial charge in [-0.25, -0.2) is 0 Å². The summed E-state index contributed by atoms with van der Waals surface area (Å²) >= 11 is 0. The lowest BCUT2D eigenvalue weighted by molar-refractivity contribution is -0.143. The molecule has 3 N–H and O–H groups in total. The minimum atomic E-state index is -0.668. The van der Waals surface area contributed by atoms with Gasteiger partial charge < -0.3 is 20.3 Å². The van der Waals surface area contributed by atoms with Crippen LogP contribution in [0.2, 0.25) is 0 Å². The van der Waals surface area contributed by atoms with Crippen LogP contribution in [-0.4, -0.2) is 47.4 Å². The fraction of sp³-hybridized carbons (Fsp3) is 0.886. The highest BCUT2D eigenvalue weighted by Gasteiger charge is 2.20. The Morgan fingerprint density at radius 3 is 1.03 bits per heavy atom. The Balaban J connectivity index is 3.40. The van der Waals surface area contributed by atoms with Gasteiger partial charge in [0.15, 0.2) is 0 Å². The predicted octanol–water partition coefficient (Wildman–Crippen LogP) is 21.9. The molecule has 0 aliphatic carbocycles. The van der Waals surface area contributed by atoms with E-state index in [9.17, 15) is 19.8 Å². The second-order valence-corrected chi connectivity index (χ2v) is 23.5. The van der Waals surface area contributed by atoms with E-state index in [4.69, 9.17) is 4.74 Å². The molecule has 0 rings (SSSR count). The number of allylic oxidation sites excluding steroid dienone is 6. The summed E-state index contributed by atoms with van der Waals surface area (Å²) in [4.78, 5) is 24.6. The molecule has 0 radical (unpaired) electrons. The maximum atomic E-state index is 12.5. The lowest BCUT2D eigenvalue weighted by Gasteiger charge is -2.22. The molecule has 6 heteroatoms. The number of rotatable bonds is 64. The molecule has 0 saturated carbocycles. The molecule has 0 bridgehead atoms. The Bertz CT molecular complexity index is 1230. The number of nitrogens with one attached hydrogen (secondary N) is 1. The highest BCUT2D eigenvalue weighted by Crippen LogP contribution is 2.18. The van der Waals surface area contributed by atoms with E-state index in [1.165, 1.54) is 289 Å². The van der Waals surface area contributed by atoms with Gasteiger partial charge >= 0.3 is 5.97 Å². The van der Waals surface area contributed by atoms with Gasteiger partial charge in [0.1, 0.15) is 0 Å². The van der Waals surface area contributed by atoms with Crippen LogP contribution in [0.25, 0.3) is 0 Å². The van der Waals surface area contributed by atoms with Gasteiger partial charge in [-0.2, -0.15) is 0 Å². The maximum Gasteiger partial charge on any atom is 0.305 e. The average molecular weight is 1070 g/mol. The van der Waals surface area contributed by atoms with E-state index in [-0.39, 0.29) is 18.5 Å². The largest absolute Gasteiger partial charge is 0.466 e. The third kappa shape index (κ3) is 61.3. The molecule has 0 aliphatic heterocycles. The lowest BCUT2D eigenvalue weighted by Crippen LogP contribution is -2.45. The third-order valence-corrected chi connectivity index (χ3v) is 15.9. The summed E-state index contributed by atoms with van der Waals surface area (Å²) in [5.41, 5.74) is 0. The highest BCUT2D eigenvalue weighted by atomic mass is 16.5. The molecule has 0 fully saturated rings. The minimum Gasteiger partial charge on any atom is -0.466 e. The zero-order valence-corrected chi connectivity index (χ0v) is 51.3. The van der Waals surface area contributed by atoms with Crippen LogP contribution in [0, 0.1) is 0 Å². The second kappa shape index (κ2) is 65.6. The smallest absolute Gasteiger partial charge is 0.305 e. The first-order valence-corrected chi connectivity index (χ1v) is 34.2. The van der Waals surface area contributed by atoms with Crippen LogP contribution in [0.15, 0.2) is 36.5 Å². The van der Waals surface area contributed by atoms with Crippen molar-refractivity contribution in [2.75, 3.05) is 13.2 Å². The summed E-state index contributed by atoms with van der Waals surface area (Å²) in [5.74, 6) is -0.0313. The third-order valence-electron chi connectivity index (χ3n) is 15.9. The van der Waals surface area contributed by atoms with Crippen molar-refractivity contribution in [2.24, 2.45) is 0 Å². The quantitative estimate of drug-likeness (QED) is 0.0320. The van der Waals surface area contributed by atoms with Gasteiger partial charge in [0.2, 0.25) is 5.91 Å². The Hall–Kier alpha value is -1.92. The standard InChI is InChI=1S/C70H133NO5/c1-3-5-7-9-11-13-15-17-19-21-32-36-40-44-48-52-56-60-64-70(75)76-65-61-57-53-49-45-41-37-33-29-27-25-23-22-24-26-28-31-35-39-43-47-51-55-59-63-69(74)71-67(66-72)68(73)62-58-54-50-46-42-38-34-30-20-18-16-14-12-10-8-6-4-2/h13,15,19,21,24,26,67-68,72-73H,3-12,14,16-18,20,22-23,25,27-66H2,1-2H3,(H,71,74)/b15-13-,21-19-,26-24-. The van der Waals surface area contributed by atoms with E-state index in [2.05, 4.69) is 55.6 Å². The van der Waals surface area contributed by atoms with E-state index in [0.717, 1.165) is 51.4 Å². The zero-order valence-electron chi connectivity index (χ0n) is 51.3. The zero-order chi connectivity index (χ0) is 55.0. The van der Waals surface area contributed by atoms with Crippen LogP contribution >= 0.6 is 0 Å². The number of aliphatic hydroxyl groups is 2. The van der Waals surface area contributed by atoms with Crippen LogP contribution < -0.4 is 5.32 Å². The summed E-state index contributed by atoms with van der Waals surface area (Å²) in [6.45, 7) is 4.96. The number of ether oxygens (including phenoxy) is 1. The van der Waals surface area contributed by atoms with Gasteiger partial charge in [-0.05, 0) is 83.5 Å². The number of hydrogen-bond donors (Lipinski definition) is 3. The molecular weight excluding hydrogens is 935 g/mol. The van der Waals surface area contributed by atoms with Crippen LogP contribution in [-0.2, 0) is 14.3 Å².